The van der Waals surface area contributed by atoms with Crippen LogP contribution in [0, 0.1) is 0 Å². The molecule has 28 heavy (non-hydrogen) atoms. The van der Waals surface area contributed by atoms with Crippen LogP contribution in [-0.4, -0.2) is 71.0 Å². The van der Waals surface area contributed by atoms with Gasteiger partial charge in [0.15, 0.2) is 0 Å². The first-order chi connectivity index (χ1) is 13.4. The lowest BCUT2D eigenvalue weighted by atomic mass is 10.3. The van der Waals surface area contributed by atoms with Crippen LogP contribution < -0.4 is 0 Å². The second-order valence-corrected chi connectivity index (χ2v) is 12.9. The molecule has 3 heterocycles. The van der Waals surface area contributed by atoms with E-state index in [1.165, 1.54) is 0 Å². The minimum Gasteiger partial charge on any atom is -0.220 e. The molecule has 3 saturated heterocycles. The third kappa shape index (κ3) is 2.61. The zero-order valence-corrected chi connectivity index (χ0v) is 19.0. The summed E-state index contributed by atoms with van der Waals surface area (Å²) < 4.78 is 24.3. The van der Waals surface area contributed by atoms with Crippen molar-refractivity contribution in [2.75, 3.05) is 42.3 Å². The molecule has 3 fully saturated rings. The molecule has 8 nitrogen and oxygen atoms in total. The maximum Gasteiger partial charge on any atom is 0.214 e. The molecule has 5 rings (SSSR count). The number of fused-ring (bicyclic) bond motifs is 3. The zero-order valence-electron chi connectivity index (χ0n) is 17.2. The predicted molar refractivity (Wildman–Crippen MR) is 117 cm³/mol. The number of rotatable bonds is 2. The number of hydrogen-bond acceptors (Lipinski definition) is 2. The Morgan fingerprint density at radius 2 is 0.714 bits per heavy atom. The molecular formula is C18H28N8P2. The molecule has 10 heteroatoms. The zero-order chi connectivity index (χ0) is 20.1. The number of hydrazine groups is 3. The summed E-state index contributed by atoms with van der Waals surface area (Å²) in [5.41, 5.74) is 1.95. The second kappa shape index (κ2) is 7.17. The van der Waals surface area contributed by atoms with E-state index in [9.17, 15) is 0 Å². The van der Waals surface area contributed by atoms with Crippen molar-refractivity contribution in [3.05, 3.63) is 60.7 Å². The number of nitrogens with zero attached hydrogens (tertiary/aromatic N) is 8. The molecule has 0 spiro atoms. The quantitative estimate of drug-likeness (QED) is 0.646. The average Bonchev–Trinajstić information content (AvgIpc) is 2.72. The molecule has 0 N–H and O–H groups in total. The second-order valence-electron chi connectivity index (χ2n) is 6.88. The monoisotopic (exact) mass is 418 g/mol. The van der Waals surface area contributed by atoms with E-state index in [4.69, 9.17) is 9.49 Å². The lowest BCUT2D eigenvalue weighted by Gasteiger charge is -2.68. The van der Waals surface area contributed by atoms with E-state index in [2.05, 4.69) is 95.2 Å². The summed E-state index contributed by atoms with van der Waals surface area (Å²) in [4.78, 5) is 0. The summed E-state index contributed by atoms with van der Waals surface area (Å²) in [7, 11) is 8.27. The van der Waals surface area contributed by atoms with Gasteiger partial charge in [-0.05, 0) is 24.3 Å². The summed E-state index contributed by atoms with van der Waals surface area (Å²) in [6.45, 7) is 0. The van der Waals surface area contributed by atoms with Crippen molar-refractivity contribution in [3.63, 3.8) is 0 Å². The highest BCUT2D eigenvalue weighted by atomic mass is 31.2. The normalized spacial score (nSPS) is 30.6. The molecule has 2 aromatic carbocycles. The van der Waals surface area contributed by atoms with Crippen LogP contribution in [0.1, 0.15) is 0 Å². The summed E-state index contributed by atoms with van der Waals surface area (Å²) >= 11 is 0. The highest BCUT2D eigenvalue weighted by Gasteiger charge is 2.61. The Labute approximate surface area is 167 Å². The molecule has 2 aromatic rings. The maximum absolute atomic E-state index is 5.28. The van der Waals surface area contributed by atoms with Gasteiger partial charge >= 0.3 is 0 Å². The van der Waals surface area contributed by atoms with E-state index in [1.807, 2.05) is 36.4 Å². The molecule has 3 aliphatic rings. The molecule has 150 valence electrons. The first-order valence-electron chi connectivity index (χ1n) is 9.15. The summed E-state index contributed by atoms with van der Waals surface area (Å²) in [6.07, 6.45) is 0. The minimum atomic E-state index is -2.25. The summed E-state index contributed by atoms with van der Waals surface area (Å²) in [5.74, 6) is 0. The Balaban J connectivity index is 1.96. The molecule has 0 amide bonds. The van der Waals surface area contributed by atoms with Crippen LogP contribution in [0.25, 0.3) is 0 Å². The predicted octanol–water partition coefficient (Wildman–Crippen LogP) is 4.91. The maximum atomic E-state index is 5.28. The van der Waals surface area contributed by atoms with Crippen molar-refractivity contribution in [3.8, 4) is 0 Å². The van der Waals surface area contributed by atoms with Crippen molar-refractivity contribution in [1.82, 2.24) is 28.7 Å². The van der Waals surface area contributed by atoms with Gasteiger partial charge in [-0.25, -0.2) is 9.49 Å². The van der Waals surface area contributed by atoms with Gasteiger partial charge in [-0.1, -0.05) is 36.4 Å². The van der Waals surface area contributed by atoms with Gasteiger partial charge in [0.2, 0.25) is 15.0 Å². The van der Waals surface area contributed by atoms with Crippen LogP contribution in [0.2, 0.25) is 0 Å². The van der Waals surface area contributed by atoms with Gasteiger partial charge < -0.3 is 0 Å². The smallest absolute Gasteiger partial charge is 0.214 e. The van der Waals surface area contributed by atoms with E-state index >= 15 is 0 Å². The van der Waals surface area contributed by atoms with E-state index in [1.54, 1.807) is 0 Å². The molecule has 0 radical (unpaired) electrons. The van der Waals surface area contributed by atoms with Gasteiger partial charge in [-0.3, -0.25) is 0 Å². The van der Waals surface area contributed by atoms with Crippen molar-refractivity contribution >= 4 is 26.4 Å². The highest BCUT2D eigenvalue weighted by Crippen LogP contribution is 2.80. The molecule has 0 unspecified atom stereocenters. The largest absolute Gasteiger partial charge is 0.220 e. The standard InChI is InChI=1S/C18H28N8P2/c1-21-22(2)28(20-18-15-11-8-12-16-18)25(5)23(3)27(21,24(4)26(28)6)19-17-13-9-7-10-14-17/h7-16H,1-6H3. The van der Waals surface area contributed by atoms with Gasteiger partial charge in [0.25, 0.3) is 0 Å². The van der Waals surface area contributed by atoms with E-state index < -0.39 is 15.0 Å². The van der Waals surface area contributed by atoms with E-state index in [0.29, 0.717) is 0 Å². The Morgan fingerprint density at radius 1 is 0.464 bits per heavy atom. The Hall–Kier alpha value is -1.34. The van der Waals surface area contributed by atoms with Crippen molar-refractivity contribution in [1.29, 1.82) is 0 Å². The lowest BCUT2D eigenvalue weighted by molar-refractivity contribution is 0.0237. The molecule has 3 aliphatic heterocycles. The first kappa shape index (κ1) is 20.0. The fourth-order valence-corrected chi connectivity index (χ4v) is 11.8. The average molecular weight is 418 g/mol. The SMILES string of the molecule is CN1N(C)P2(=Nc3ccccc3)N(C)N(C)P1(=Nc1ccccc1)N(C)N2C. The van der Waals surface area contributed by atoms with Crippen LogP contribution in [-0.2, 0) is 0 Å². The molecule has 0 saturated carbocycles. The minimum absolute atomic E-state index is 0.976. The van der Waals surface area contributed by atoms with Crippen molar-refractivity contribution in [2.45, 2.75) is 0 Å². The first-order valence-corrected chi connectivity index (χ1v) is 12.4. The number of benzene rings is 2. The van der Waals surface area contributed by atoms with Gasteiger partial charge in [0.05, 0.1) is 11.4 Å². The Kier molecular flexibility index (Phi) is 5.11. The third-order valence-corrected chi connectivity index (χ3v) is 13.3. The Morgan fingerprint density at radius 3 is 0.964 bits per heavy atom. The highest BCUT2D eigenvalue weighted by molar-refractivity contribution is 7.67. The summed E-state index contributed by atoms with van der Waals surface area (Å²) in [6, 6.07) is 20.4. The third-order valence-electron chi connectivity index (χ3n) is 5.60. The van der Waals surface area contributed by atoms with Crippen molar-refractivity contribution < 1.29 is 0 Å². The molecule has 0 atom stereocenters. The topological polar surface area (TPSA) is 44.2 Å². The van der Waals surface area contributed by atoms with Crippen LogP contribution in [0.3, 0.4) is 0 Å². The van der Waals surface area contributed by atoms with Crippen molar-refractivity contribution in [2.24, 2.45) is 9.49 Å². The fraction of sp³-hybridized carbons (Fsp3) is 0.333. The lowest BCUT2D eigenvalue weighted by Crippen LogP contribution is -2.64. The Bertz CT molecular complexity index is 828. The van der Waals surface area contributed by atoms with Crippen LogP contribution in [0.15, 0.2) is 70.2 Å². The number of hydrogen-bond donors (Lipinski definition) is 0. The molecular weight excluding hydrogens is 390 g/mol. The van der Waals surface area contributed by atoms with Crippen LogP contribution in [0.5, 0.6) is 0 Å². The fourth-order valence-electron chi connectivity index (χ4n) is 3.85. The van der Waals surface area contributed by atoms with E-state index in [0.717, 1.165) is 11.4 Å². The molecule has 0 aliphatic carbocycles. The van der Waals surface area contributed by atoms with Gasteiger partial charge in [-0.2, -0.15) is 28.7 Å². The van der Waals surface area contributed by atoms with Gasteiger partial charge in [-0.15, -0.1) is 0 Å². The molecule has 0 aromatic heterocycles. The summed E-state index contributed by atoms with van der Waals surface area (Å²) in [5, 5.41) is 0. The van der Waals surface area contributed by atoms with Crippen LogP contribution >= 0.6 is 15.0 Å². The van der Waals surface area contributed by atoms with Crippen LogP contribution in [0.4, 0.5) is 11.4 Å². The van der Waals surface area contributed by atoms with E-state index in [-0.39, 0.29) is 0 Å². The molecule has 2 bridgehead atoms. The van der Waals surface area contributed by atoms with Gasteiger partial charge in [0.1, 0.15) is 0 Å². The van der Waals surface area contributed by atoms with Gasteiger partial charge in [0, 0.05) is 42.3 Å².